The van der Waals surface area contributed by atoms with Gasteiger partial charge in [0.15, 0.2) is 5.82 Å². The molecule has 0 N–H and O–H groups in total. The topological polar surface area (TPSA) is 49.3 Å². The number of hydrogen-bond acceptors (Lipinski definition) is 4. The number of carbonyl (C=O) groups excluding carboxylic acids is 1. The lowest BCUT2D eigenvalue weighted by Gasteiger charge is -2.51. The van der Waals surface area contributed by atoms with Crippen LogP contribution in [-0.2, 0) is 4.79 Å². The molecule has 3 heterocycles. The van der Waals surface area contributed by atoms with Gasteiger partial charge in [-0.3, -0.25) is 4.79 Å². The molecule has 2 aliphatic heterocycles. The number of anilines is 2. The lowest BCUT2D eigenvalue weighted by atomic mass is 9.81. The molecule has 19 heavy (non-hydrogen) atoms. The van der Waals surface area contributed by atoms with Gasteiger partial charge in [0.25, 0.3) is 5.91 Å². The van der Waals surface area contributed by atoms with Gasteiger partial charge in [-0.1, -0.05) is 6.92 Å². The zero-order valence-electron chi connectivity index (χ0n) is 11.2. The van der Waals surface area contributed by atoms with Gasteiger partial charge >= 0.3 is 0 Å². The Hall–Kier alpha value is -1.36. The molecule has 0 unspecified atom stereocenters. The van der Waals surface area contributed by atoms with Crippen LogP contribution in [0.15, 0.2) is 6.20 Å². The highest BCUT2D eigenvalue weighted by Crippen LogP contribution is 2.44. The summed E-state index contributed by atoms with van der Waals surface area (Å²) in [6, 6.07) is 0. The molecule has 0 saturated carbocycles. The van der Waals surface area contributed by atoms with Gasteiger partial charge in [0.1, 0.15) is 11.2 Å². The maximum atomic E-state index is 12.8. The molecule has 1 aromatic heterocycles. The van der Waals surface area contributed by atoms with Crippen molar-refractivity contribution in [3.63, 3.8) is 0 Å². The van der Waals surface area contributed by atoms with E-state index in [0.717, 1.165) is 43.7 Å². The summed E-state index contributed by atoms with van der Waals surface area (Å²) in [5.41, 5.74) is 0.304. The monoisotopic (exact) mass is 280 g/mol. The van der Waals surface area contributed by atoms with Crippen LogP contribution < -0.4 is 9.80 Å². The summed E-state index contributed by atoms with van der Waals surface area (Å²) in [6.07, 6.45) is 5.47. The minimum atomic E-state index is -0.447. The number of halogens is 1. The number of carbonyl (C=O) groups is 1. The Labute approximate surface area is 117 Å². The van der Waals surface area contributed by atoms with Crippen LogP contribution in [0.2, 0.25) is 5.28 Å². The van der Waals surface area contributed by atoms with E-state index >= 15 is 0 Å². The SMILES string of the molecule is CC[C@]12CCCCN1c1nc(Cl)ncc1N(C)C2=O. The fourth-order valence-corrected chi connectivity index (χ4v) is 3.42. The van der Waals surface area contributed by atoms with Crippen LogP contribution >= 0.6 is 11.6 Å². The van der Waals surface area contributed by atoms with Gasteiger partial charge in [0.05, 0.1) is 6.20 Å². The Balaban J connectivity index is 2.20. The molecule has 1 fully saturated rings. The fourth-order valence-electron chi connectivity index (χ4n) is 3.29. The Morgan fingerprint density at radius 1 is 1.47 bits per heavy atom. The maximum absolute atomic E-state index is 12.8. The Morgan fingerprint density at radius 2 is 2.26 bits per heavy atom. The van der Waals surface area contributed by atoms with E-state index in [9.17, 15) is 4.79 Å². The maximum Gasteiger partial charge on any atom is 0.252 e. The van der Waals surface area contributed by atoms with E-state index in [1.807, 2.05) is 0 Å². The third-order valence-electron chi connectivity index (χ3n) is 4.36. The molecule has 0 bridgehead atoms. The van der Waals surface area contributed by atoms with Gasteiger partial charge in [-0.05, 0) is 37.3 Å². The van der Waals surface area contributed by atoms with Crippen molar-refractivity contribution >= 4 is 29.0 Å². The summed E-state index contributed by atoms with van der Waals surface area (Å²) < 4.78 is 0. The molecule has 0 aliphatic carbocycles. The second kappa shape index (κ2) is 4.34. The summed E-state index contributed by atoms with van der Waals surface area (Å²) in [5, 5.41) is 0.233. The normalized spacial score (nSPS) is 26.2. The van der Waals surface area contributed by atoms with Crippen LogP contribution in [0.3, 0.4) is 0 Å². The Morgan fingerprint density at radius 3 is 3.00 bits per heavy atom. The van der Waals surface area contributed by atoms with Gasteiger partial charge in [0.2, 0.25) is 5.28 Å². The fraction of sp³-hybridized carbons (Fsp3) is 0.615. The van der Waals surface area contributed by atoms with Crippen molar-refractivity contribution in [1.29, 1.82) is 0 Å². The first-order valence-electron chi connectivity index (χ1n) is 6.68. The second-order valence-corrected chi connectivity index (χ2v) is 5.54. The number of fused-ring (bicyclic) bond motifs is 3. The van der Waals surface area contributed by atoms with Gasteiger partial charge < -0.3 is 9.80 Å². The molecule has 1 atom stereocenters. The van der Waals surface area contributed by atoms with E-state index in [1.54, 1.807) is 18.1 Å². The van der Waals surface area contributed by atoms with Crippen LogP contribution in [0, 0.1) is 0 Å². The molecular formula is C13H17ClN4O. The van der Waals surface area contributed by atoms with Gasteiger partial charge in [-0.25, -0.2) is 4.98 Å². The van der Waals surface area contributed by atoms with Crippen molar-refractivity contribution in [1.82, 2.24) is 9.97 Å². The van der Waals surface area contributed by atoms with E-state index in [0.29, 0.717) is 0 Å². The smallest absolute Gasteiger partial charge is 0.252 e. The van der Waals surface area contributed by atoms with E-state index in [2.05, 4.69) is 21.8 Å². The predicted octanol–water partition coefficient (Wildman–Crippen LogP) is 2.25. The molecule has 1 aromatic rings. The molecule has 6 heteroatoms. The number of amides is 1. The van der Waals surface area contributed by atoms with E-state index in [1.165, 1.54) is 0 Å². The minimum absolute atomic E-state index is 0.146. The first-order chi connectivity index (χ1) is 9.10. The second-order valence-electron chi connectivity index (χ2n) is 5.21. The summed E-state index contributed by atoms with van der Waals surface area (Å²) in [6.45, 7) is 2.92. The number of piperidine rings is 1. The van der Waals surface area contributed by atoms with E-state index in [4.69, 9.17) is 11.6 Å². The first-order valence-corrected chi connectivity index (χ1v) is 7.06. The van der Waals surface area contributed by atoms with Crippen LogP contribution in [-0.4, -0.2) is 35.0 Å². The zero-order chi connectivity index (χ0) is 13.6. The summed E-state index contributed by atoms with van der Waals surface area (Å²) in [5.74, 6) is 0.941. The number of hydrogen-bond donors (Lipinski definition) is 0. The molecule has 102 valence electrons. The quantitative estimate of drug-likeness (QED) is 0.741. The van der Waals surface area contributed by atoms with E-state index < -0.39 is 5.54 Å². The van der Waals surface area contributed by atoms with Crippen LogP contribution in [0.1, 0.15) is 32.6 Å². The van der Waals surface area contributed by atoms with Crippen LogP contribution in [0.4, 0.5) is 11.5 Å². The Bertz CT molecular complexity index is 535. The highest BCUT2D eigenvalue weighted by molar-refractivity contribution is 6.28. The number of aromatic nitrogens is 2. The first kappa shape index (κ1) is 12.7. The number of rotatable bonds is 1. The molecule has 0 spiro atoms. The third kappa shape index (κ3) is 1.64. The highest BCUT2D eigenvalue weighted by Gasteiger charge is 2.50. The summed E-state index contributed by atoms with van der Waals surface area (Å²) >= 11 is 5.93. The standard InChI is InChI=1S/C13H17ClN4O/c1-3-13-6-4-5-7-18(13)10-9(17(2)11(13)19)8-15-12(14)16-10/h8H,3-7H2,1-2H3/t13-/m1/s1. The molecule has 3 rings (SSSR count). The van der Waals surface area contributed by atoms with Crippen molar-refractivity contribution < 1.29 is 4.79 Å². The summed E-state index contributed by atoms with van der Waals surface area (Å²) in [4.78, 5) is 24.9. The number of likely N-dealkylation sites (N-methyl/N-ethyl adjacent to an activating group) is 1. The van der Waals surface area contributed by atoms with Gasteiger partial charge in [-0.15, -0.1) is 0 Å². The van der Waals surface area contributed by atoms with Crippen molar-refractivity contribution in [3.8, 4) is 0 Å². The molecular weight excluding hydrogens is 264 g/mol. The van der Waals surface area contributed by atoms with Crippen molar-refractivity contribution in [3.05, 3.63) is 11.5 Å². The highest BCUT2D eigenvalue weighted by atomic mass is 35.5. The largest absolute Gasteiger partial charge is 0.340 e. The summed E-state index contributed by atoms with van der Waals surface area (Å²) in [7, 11) is 1.79. The number of nitrogens with zero attached hydrogens (tertiary/aromatic N) is 4. The van der Waals surface area contributed by atoms with Crippen molar-refractivity contribution in [2.24, 2.45) is 0 Å². The average molecular weight is 281 g/mol. The van der Waals surface area contributed by atoms with Crippen molar-refractivity contribution in [2.45, 2.75) is 38.1 Å². The molecule has 5 nitrogen and oxygen atoms in total. The molecule has 1 amide bonds. The van der Waals surface area contributed by atoms with Crippen molar-refractivity contribution in [2.75, 3.05) is 23.4 Å². The average Bonchev–Trinajstić information content (AvgIpc) is 2.44. The van der Waals surface area contributed by atoms with Gasteiger partial charge in [0, 0.05) is 13.6 Å². The lowest BCUT2D eigenvalue weighted by Crippen LogP contribution is -2.64. The zero-order valence-corrected chi connectivity index (χ0v) is 11.9. The van der Waals surface area contributed by atoms with Crippen LogP contribution in [0.5, 0.6) is 0 Å². The predicted molar refractivity (Wildman–Crippen MR) is 74.7 cm³/mol. The Kier molecular flexibility index (Phi) is 2.89. The molecule has 0 aromatic carbocycles. The van der Waals surface area contributed by atoms with Gasteiger partial charge in [-0.2, -0.15) is 4.98 Å². The molecule has 2 aliphatic rings. The van der Waals surface area contributed by atoms with E-state index in [-0.39, 0.29) is 11.2 Å². The molecule has 0 radical (unpaired) electrons. The molecule has 1 saturated heterocycles. The minimum Gasteiger partial charge on any atom is -0.340 e. The lowest BCUT2D eigenvalue weighted by molar-refractivity contribution is -0.124. The third-order valence-corrected chi connectivity index (χ3v) is 4.55. The van der Waals surface area contributed by atoms with Crippen LogP contribution in [0.25, 0.3) is 0 Å².